The number of piperidine rings is 3. The molecular weight excluding hydrogens is 1030 g/mol. The van der Waals surface area contributed by atoms with Gasteiger partial charge in [-0.05, 0) is 255 Å². The quantitative estimate of drug-likeness (QED) is 0.0656. The summed E-state index contributed by atoms with van der Waals surface area (Å²) in [5, 5.41) is 6.75. The molecule has 6 aromatic carbocycles. The van der Waals surface area contributed by atoms with Crippen LogP contribution >= 0.6 is 0 Å². The molecule has 0 saturated carbocycles. The summed E-state index contributed by atoms with van der Waals surface area (Å²) in [6.45, 7) is 37.6. The van der Waals surface area contributed by atoms with E-state index in [-0.39, 0.29) is 51.5 Å². The summed E-state index contributed by atoms with van der Waals surface area (Å²) in [5.74, 6) is 2.44. The Labute approximate surface area is 499 Å². The van der Waals surface area contributed by atoms with Crippen molar-refractivity contribution in [3.8, 4) is 17.2 Å². The lowest BCUT2D eigenvalue weighted by molar-refractivity contribution is -0.304. The first-order valence-corrected chi connectivity index (χ1v) is 31.0. The number of rotatable bonds is 21. The van der Waals surface area contributed by atoms with Crippen LogP contribution in [0, 0.1) is 0 Å². The Hall–Kier alpha value is -5.52. The lowest BCUT2D eigenvalue weighted by Gasteiger charge is -2.52. The van der Waals surface area contributed by atoms with Gasteiger partial charge in [-0.15, -0.1) is 0 Å². The van der Waals surface area contributed by atoms with Gasteiger partial charge in [0.15, 0.2) is 0 Å². The SMILES string of the molecule is CC(ON1C(C)(C)CCCC1(C)C)c1ccc(COc2ccc(C(C)(c3ccc(OCc4ccc(C(C)ON5C(C)(C)CCCC5(C)C)cc4)cc3)c3ccc(OCc4ccc(C(C)ON5C(C)(C)CCCC5(C)C)cc4)cc3)cc2)cc1. The van der Waals surface area contributed by atoms with Crippen LogP contribution in [-0.4, -0.2) is 48.4 Å². The normalized spacial score (nSPS) is 21.3. The Morgan fingerprint density at radius 2 is 0.530 bits per heavy atom. The van der Waals surface area contributed by atoms with E-state index in [0.29, 0.717) is 19.8 Å². The maximum absolute atomic E-state index is 6.70. The van der Waals surface area contributed by atoms with Crippen molar-refractivity contribution in [1.82, 2.24) is 15.2 Å². The lowest BCUT2D eigenvalue weighted by Crippen LogP contribution is -2.58. The molecule has 0 spiro atoms. The number of hydrogen-bond acceptors (Lipinski definition) is 9. The molecule has 0 aromatic heterocycles. The third kappa shape index (κ3) is 14.4. The molecule has 0 radical (unpaired) electrons. The molecule has 9 rings (SSSR count). The van der Waals surface area contributed by atoms with Gasteiger partial charge < -0.3 is 14.2 Å². The number of benzene rings is 6. The van der Waals surface area contributed by atoms with Crippen LogP contribution in [0.15, 0.2) is 146 Å². The zero-order valence-corrected chi connectivity index (χ0v) is 53.4. The molecule has 3 unspecified atom stereocenters. The Balaban J connectivity index is 0.871. The molecule has 6 aromatic rings. The van der Waals surface area contributed by atoms with Crippen LogP contribution in [0.4, 0.5) is 0 Å². The van der Waals surface area contributed by atoms with Crippen LogP contribution in [-0.2, 0) is 39.7 Å². The van der Waals surface area contributed by atoms with E-state index in [1.165, 1.54) is 19.3 Å². The van der Waals surface area contributed by atoms with Gasteiger partial charge in [0.25, 0.3) is 0 Å². The van der Waals surface area contributed by atoms with Crippen molar-refractivity contribution in [2.75, 3.05) is 0 Å². The van der Waals surface area contributed by atoms with Crippen molar-refractivity contribution < 1.29 is 28.7 Å². The molecule has 9 heteroatoms. The Morgan fingerprint density at radius 1 is 0.325 bits per heavy atom. The zero-order valence-electron chi connectivity index (χ0n) is 53.4. The zero-order chi connectivity index (χ0) is 59.6. The lowest BCUT2D eigenvalue weighted by atomic mass is 9.71. The van der Waals surface area contributed by atoms with Gasteiger partial charge in [-0.1, -0.05) is 109 Å². The van der Waals surface area contributed by atoms with Gasteiger partial charge in [-0.25, -0.2) is 0 Å². The summed E-state index contributed by atoms with van der Waals surface area (Å²) in [4.78, 5) is 20.1. The number of ether oxygens (including phenoxy) is 3. The molecule has 0 bridgehead atoms. The molecule has 3 fully saturated rings. The van der Waals surface area contributed by atoms with E-state index in [9.17, 15) is 0 Å². The van der Waals surface area contributed by atoms with Crippen molar-refractivity contribution in [2.24, 2.45) is 0 Å². The first-order valence-electron chi connectivity index (χ1n) is 31.0. The molecule has 0 amide bonds. The molecule has 446 valence electrons. The molecule has 3 saturated heterocycles. The molecule has 9 nitrogen and oxygen atoms in total. The highest BCUT2D eigenvalue weighted by atomic mass is 16.7. The van der Waals surface area contributed by atoms with Gasteiger partial charge in [0, 0.05) is 38.6 Å². The smallest absolute Gasteiger partial charge is 0.119 e. The maximum Gasteiger partial charge on any atom is 0.119 e. The molecule has 3 heterocycles. The second-order valence-electron chi connectivity index (χ2n) is 28.4. The topological polar surface area (TPSA) is 65.1 Å². The van der Waals surface area contributed by atoms with Gasteiger partial charge in [0.2, 0.25) is 0 Å². The summed E-state index contributed by atoms with van der Waals surface area (Å²) in [6.07, 6.45) is 10.2. The molecule has 3 atom stereocenters. The van der Waals surface area contributed by atoms with Gasteiger partial charge in [0.05, 0.1) is 0 Å². The standard InChI is InChI=1S/C74H99N3O6/c1-53(81-75-68(4,5)44-17-45-69(75,6)7)59-26-20-56(21-27-59)50-78-65-38-32-62(33-39-65)74(16,63-34-40-66(41-35-63)79-51-57-22-28-60(29-23-57)54(2)82-76-70(8,9)46-18-47-71(76,10)11)64-36-42-67(43-37-64)80-52-58-24-30-61(31-25-58)55(3)83-77-72(12,13)48-19-49-73(77,14)15/h20-43,53-55H,17-19,44-52H2,1-16H3. The van der Waals surface area contributed by atoms with Crippen LogP contribution < -0.4 is 14.2 Å². The van der Waals surface area contributed by atoms with Crippen LogP contribution in [0.25, 0.3) is 0 Å². The molecular formula is C74H99N3O6. The van der Waals surface area contributed by atoms with Gasteiger partial charge in [-0.3, -0.25) is 14.5 Å². The summed E-state index contributed by atoms with van der Waals surface area (Å²) in [5.41, 5.74) is 9.57. The predicted octanol–water partition coefficient (Wildman–Crippen LogP) is 18.9. The summed E-state index contributed by atoms with van der Waals surface area (Å²) in [7, 11) is 0. The highest BCUT2D eigenvalue weighted by molar-refractivity contribution is 5.52. The monoisotopic (exact) mass is 1130 g/mol. The van der Waals surface area contributed by atoms with E-state index in [0.717, 1.165) is 106 Å². The maximum atomic E-state index is 6.70. The minimum Gasteiger partial charge on any atom is -0.489 e. The van der Waals surface area contributed by atoms with Crippen LogP contribution in [0.1, 0.15) is 237 Å². The first kappa shape index (κ1) is 62.0. The largest absolute Gasteiger partial charge is 0.489 e. The van der Waals surface area contributed by atoms with E-state index in [4.69, 9.17) is 28.7 Å². The third-order valence-electron chi connectivity index (χ3n) is 18.7. The van der Waals surface area contributed by atoms with Crippen molar-refractivity contribution >= 4 is 0 Å². The summed E-state index contributed by atoms with van der Waals surface area (Å²) in [6, 6.07) is 51.7. The molecule has 3 aliphatic heterocycles. The Morgan fingerprint density at radius 3 is 0.735 bits per heavy atom. The Kier molecular flexibility index (Phi) is 18.6. The van der Waals surface area contributed by atoms with Crippen LogP contribution in [0.5, 0.6) is 17.2 Å². The van der Waals surface area contributed by atoms with Crippen LogP contribution in [0.3, 0.4) is 0 Å². The van der Waals surface area contributed by atoms with Gasteiger partial charge >= 0.3 is 0 Å². The third-order valence-corrected chi connectivity index (χ3v) is 18.7. The Bertz CT molecular complexity index is 2660. The van der Waals surface area contributed by atoms with E-state index in [1.807, 2.05) is 0 Å². The molecule has 0 N–H and O–H groups in total. The van der Waals surface area contributed by atoms with Crippen molar-refractivity contribution in [2.45, 2.75) is 245 Å². The fraction of sp³-hybridized carbons (Fsp3) is 0.514. The fourth-order valence-electron chi connectivity index (χ4n) is 13.7. The van der Waals surface area contributed by atoms with Crippen molar-refractivity contribution in [1.29, 1.82) is 0 Å². The number of hydrogen-bond donors (Lipinski definition) is 0. The van der Waals surface area contributed by atoms with Gasteiger partial charge in [0.1, 0.15) is 55.4 Å². The van der Waals surface area contributed by atoms with Crippen molar-refractivity contribution in [3.05, 3.63) is 196 Å². The first-order chi connectivity index (χ1) is 39.1. The average molecular weight is 1130 g/mol. The van der Waals surface area contributed by atoms with E-state index in [2.05, 4.69) is 272 Å². The van der Waals surface area contributed by atoms with Gasteiger partial charge in [-0.2, -0.15) is 15.2 Å². The predicted molar refractivity (Wildman–Crippen MR) is 337 cm³/mol. The summed E-state index contributed by atoms with van der Waals surface area (Å²) >= 11 is 0. The van der Waals surface area contributed by atoms with Crippen molar-refractivity contribution in [3.63, 3.8) is 0 Å². The highest BCUT2D eigenvalue weighted by Gasteiger charge is 2.46. The second-order valence-corrected chi connectivity index (χ2v) is 28.4. The summed E-state index contributed by atoms with van der Waals surface area (Å²) < 4.78 is 19.3. The molecule has 83 heavy (non-hydrogen) atoms. The van der Waals surface area contributed by atoms with E-state index >= 15 is 0 Å². The average Bonchev–Trinajstić information content (AvgIpc) is 3.54. The fourth-order valence-corrected chi connectivity index (χ4v) is 13.7. The number of hydroxylamine groups is 6. The van der Waals surface area contributed by atoms with E-state index in [1.54, 1.807) is 0 Å². The number of nitrogens with zero attached hydrogens (tertiary/aromatic N) is 3. The minimum absolute atomic E-state index is 0.0164. The second kappa shape index (κ2) is 24.8. The molecule has 0 aliphatic carbocycles. The van der Waals surface area contributed by atoms with Crippen LogP contribution in [0.2, 0.25) is 0 Å². The minimum atomic E-state index is -0.525. The highest BCUT2D eigenvalue weighted by Crippen LogP contribution is 2.45. The van der Waals surface area contributed by atoms with E-state index < -0.39 is 5.41 Å². The molecule has 3 aliphatic rings.